The summed E-state index contributed by atoms with van der Waals surface area (Å²) in [5.41, 5.74) is 0.707. The summed E-state index contributed by atoms with van der Waals surface area (Å²) >= 11 is 3.16. The number of methoxy groups -OCH3 is 1. The molecule has 0 saturated heterocycles. The Labute approximate surface area is 115 Å². The van der Waals surface area contributed by atoms with Crippen LogP contribution in [0, 0.1) is 10.1 Å². The number of nitrogens with zero attached hydrogens (tertiary/aromatic N) is 1. The van der Waals surface area contributed by atoms with Crippen molar-refractivity contribution in [2.24, 2.45) is 0 Å². The van der Waals surface area contributed by atoms with Gasteiger partial charge in [0.15, 0.2) is 0 Å². The molecule has 0 atom stereocenters. The molecule has 5 nitrogen and oxygen atoms in total. The molecule has 1 rings (SSSR count). The molecule has 100 valence electrons. The minimum atomic E-state index is -0.396. The van der Waals surface area contributed by atoms with Gasteiger partial charge >= 0.3 is 0 Å². The van der Waals surface area contributed by atoms with Crippen molar-refractivity contribution in [2.75, 3.05) is 13.7 Å². The van der Waals surface area contributed by atoms with Crippen molar-refractivity contribution in [1.82, 2.24) is 5.32 Å². The average molecular weight is 317 g/mol. The fourth-order valence-corrected chi connectivity index (χ4v) is 1.78. The van der Waals surface area contributed by atoms with E-state index < -0.39 is 4.92 Å². The quantitative estimate of drug-likeness (QED) is 0.647. The van der Waals surface area contributed by atoms with E-state index in [-0.39, 0.29) is 11.3 Å². The van der Waals surface area contributed by atoms with E-state index >= 15 is 0 Å². The maximum atomic E-state index is 10.8. The van der Waals surface area contributed by atoms with Gasteiger partial charge in [-0.3, -0.25) is 10.1 Å². The van der Waals surface area contributed by atoms with E-state index in [1.807, 2.05) is 19.9 Å². The highest BCUT2D eigenvalue weighted by Crippen LogP contribution is 2.25. The van der Waals surface area contributed by atoms with Crippen LogP contribution in [-0.4, -0.2) is 24.2 Å². The fraction of sp³-hybridized carbons (Fsp3) is 0.500. The number of benzene rings is 1. The lowest BCUT2D eigenvalue weighted by Gasteiger charge is -2.23. The standard InChI is InChI=1S/C12H17BrN2O3/c1-12(2,18-3)8-14-7-9-4-5-10(13)11(6-9)15(16)17/h4-6,14H,7-8H2,1-3H3. The third kappa shape index (κ3) is 4.36. The van der Waals surface area contributed by atoms with Crippen molar-refractivity contribution in [1.29, 1.82) is 0 Å². The maximum Gasteiger partial charge on any atom is 0.283 e. The predicted octanol–water partition coefficient (Wildman–Crippen LogP) is 2.87. The Hall–Kier alpha value is -0.980. The van der Waals surface area contributed by atoms with Gasteiger partial charge in [-0.1, -0.05) is 6.07 Å². The molecule has 0 bridgehead atoms. The fourth-order valence-electron chi connectivity index (χ4n) is 1.39. The molecule has 0 saturated carbocycles. The highest BCUT2D eigenvalue weighted by atomic mass is 79.9. The Morgan fingerprint density at radius 2 is 2.17 bits per heavy atom. The van der Waals surface area contributed by atoms with Crippen LogP contribution in [0.15, 0.2) is 22.7 Å². The van der Waals surface area contributed by atoms with E-state index in [1.54, 1.807) is 19.2 Å². The first kappa shape index (κ1) is 15.1. The number of hydrogen-bond donors (Lipinski definition) is 1. The molecular weight excluding hydrogens is 300 g/mol. The second-order valence-electron chi connectivity index (χ2n) is 4.61. The van der Waals surface area contributed by atoms with Gasteiger partial charge < -0.3 is 10.1 Å². The third-order valence-corrected chi connectivity index (χ3v) is 3.31. The zero-order valence-corrected chi connectivity index (χ0v) is 12.3. The summed E-state index contributed by atoms with van der Waals surface area (Å²) in [6, 6.07) is 5.11. The van der Waals surface area contributed by atoms with E-state index in [0.717, 1.165) is 5.56 Å². The van der Waals surface area contributed by atoms with E-state index in [0.29, 0.717) is 17.6 Å². The van der Waals surface area contributed by atoms with Crippen molar-refractivity contribution in [2.45, 2.75) is 26.0 Å². The highest BCUT2D eigenvalue weighted by Gasteiger charge is 2.16. The molecule has 1 N–H and O–H groups in total. The molecule has 1 aromatic carbocycles. The molecular formula is C12H17BrN2O3. The van der Waals surface area contributed by atoms with Crippen molar-refractivity contribution >= 4 is 21.6 Å². The summed E-state index contributed by atoms with van der Waals surface area (Å²) < 4.78 is 5.77. The van der Waals surface area contributed by atoms with Gasteiger partial charge in [-0.15, -0.1) is 0 Å². The van der Waals surface area contributed by atoms with Gasteiger partial charge in [0, 0.05) is 26.3 Å². The van der Waals surface area contributed by atoms with Crippen molar-refractivity contribution in [3.63, 3.8) is 0 Å². The molecule has 0 aliphatic carbocycles. The molecule has 0 aromatic heterocycles. The number of nitrogens with one attached hydrogen (secondary N) is 1. The zero-order valence-electron chi connectivity index (χ0n) is 10.7. The highest BCUT2D eigenvalue weighted by molar-refractivity contribution is 9.10. The normalized spacial score (nSPS) is 11.6. The predicted molar refractivity (Wildman–Crippen MR) is 73.6 cm³/mol. The van der Waals surface area contributed by atoms with Crippen LogP contribution in [0.5, 0.6) is 0 Å². The van der Waals surface area contributed by atoms with Crippen LogP contribution >= 0.6 is 15.9 Å². The Kier molecular flexibility index (Phi) is 5.25. The van der Waals surface area contributed by atoms with Crippen LogP contribution < -0.4 is 5.32 Å². The molecule has 1 aromatic rings. The Morgan fingerprint density at radius 3 is 2.72 bits per heavy atom. The summed E-state index contributed by atoms with van der Waals surface area (Å²) in [6.45, 7) is 5.20. The molecule has 0 aliphatic rings. The first-order valence-corrected chi connectivity index (χ1v) is 6.34. The monoisotopic (exact) mass is 316 g/mol. The summed E-state index contributed by atoms with van der Waals surface area (Å²) in [5, 5.41) is 14.0. The summed E-state index contributed by atoms with van der Waals surface area (Å²) in [7, 11) is 1.66. The first-order valence-electron chi connectivity index (χ1n) is 5.54. The van der Waals surface area contributed by atoms with Crippen LogP contribution in [0.3, 0.4) is 0 Å². The lowest BCUT2D eigenvalue weighted by atomic mass is 10.1. The van der Waals surface area contributed by atoms with Gasteiger partial charge in [-0.05, 0) is 41.4 Å². The second-order valence-corrected chi connectivity index (χ2v) is 5.46. The molecule has 18 heavy (non-hydrogen) atoms. The van der Waals surface area contributed by atoms with E-state index in [9.17, 15) is 10.1 Å². The van der Waals surface area contributed by atoms with E-state index in [1.165, 1.54) is 0 Å². The minimum absolute atomic E-state index is 0.0836. The SMILES string of the molecule is COC(C)(C)CNCc1ccc(Br)c([N+](=O)[O-])c1. The van der Waals surface area contributed by atoms with Crippen LogP contribution in [0.4, 0.5) is 5.69 Å². The van der Waals surface area contributed by atoms with E-state index in [4.69, 9.17) is 4.74 Å². The van der Waals surface area contributed by atoms with Crippen molar-refractivity contribution < 1.29 is 9.66 Å². The number of nitro groups is 1. The lowest BCUT2D eigenvalue weighted by molar-refractivity contribution is -0.385. The van der Waals surface area contributed by atoms with Gasteiger partial charge in [0.2, 0.25) is 0 Å². The van der Waals surface area contributed by atoms with Gasteiger partial charge in [-0.25, -0.2) is 0 Å². The summed E-state index contributed by atoms with van der Waals surface area (Å²) in [5.74, 6) is 0. The average Bonchev–Trinajstić information content (AvgIpc) is 2.31. The van der Waals surface area contributed by atoms with Crippen LogP contribution in [0.2, 0.25) is 0 Å². The smallest absolute Gasteiger partial charge is 0.283 e. The van der Waals surface area contributed by atoms with Crippen molar-refractivity contribution in [3.8, 4) is 0 Å². The Morgan fingerprint density at radius 1 is 1.50 bits per heavy atom. The molecule has 0 unspecified atom stereocenters. The Balaban J connectivity index is 2.64. The molecule has 0 heterocycles. The van der Waals surface area contributed by atoms with Crippen LogP contribution in [0.1, 0.15) is 19.4 Å². The van der Waals surface area contributed by atoms with Gasteiger partial charge in [0.1, 0.15) is 0 Å². The van der Waals surface area contributed by atoms with Gasteiger partial charge in [0.25, 0.3) is 5.69 Å². The zero-order chi connectivity index (χ0) is 13.8. The number of ether oxygens (including phenoxy) is 1. The Bertz CT molecular complexity index is 435. The molecule has 0 amide bonds. The third-order valence-electron chi connectivity index (χ3n) is 2.64. The lowest BCUT2D eigenvalue weighted by Crippen LogP contribution is -2.36. The second kappa shape index (κ2) is 6.26. The van der Waals surface area contributed by atoms with Crippen LogP contribution in [0.25, 0.3) is 0 Å². The molecule has 0 aliphatic heterocycles. The molecule has 6 heteroatoms. The molecule has 0 radical (unpaired) electrons. The van der Waals surface area contributed by atoms with Crippen LogP contribution in [-0.2, 0) is 11.3 Å². The summed E-state index contributed by atoms with van der Waals surface area (Å²) in [6.07, 6.45) is 0. The number of rotatable bonds is 6. The van der Waals surface area contributed by atoms with Gasteiger partial charge in [0.05, 0.1) is 15.0 Å². The van der Waals surface area contributed by atoms with Gasteiger partial charge in [-0.2, -0.15) is 0 Å². The topological polar surface area (TPSA) is 64.4 Å². The summed E-state index contributed by atoms with van der Waals surface area (Å²) in [4.78, 5) is 10.4. The number of hydrogen-bond acceptors (Lipinski definition) is 4. The molecule has 0 spiro atoms. The largest absolute Gasteiger partial charge is 0.377 e. The van der Waals surface area contributed by atoms with Crippen molar-refractivity contribution in [3.05, 3.63) is 38.3 Å². The number of halogens is 1. The van der Waals surface area contributed by atoms with E-state index in [2.05, 4.69) is 21.2 Å². The number of nitro benzene ring substituents is 1. The molecule has 0 fully saturated rings. The maximum absolute atomic E-state index is 10.8. The minimum Gasteiger partial charge on any atom is -0.377 e. The first-order chi connectivity index (χ1) is 8.35.